The second kappa shape index (κ2) is 4.66. The molecule has 100 valence electrons. The third-order valence-electron chi connectivity index (χ3n) is 3.91. The van der Waals surface area contributed by atoms with Gasteiger partial charge in [0.25, 0.3) is 0 Å². The molecule has 19 heavy (non-hydrogen) atoms. The largest absolute Gasteiger partial charge is 0.316 e. The number of benzene rings is 1. The van der Waals surface area contributed by atoms with Gasteiger partial charge in [-0.25, -0.2) is 0 Å². The van der Waals surface area contributed by atoms with Crippen LogP contribution in [0.2, 0.25) is 0 Å². The van der Waals surface area contributed by atoms with Crippen LogP contribution in [-0.2, 0) is 6.54 Å². The molecule has 0 radical (unpaired) electrons. The molecule has 0 bridgehead atoms. The Balaban J connectivity index is 2.06. The molecule has 1 aliphatic heterocycles. The van der Waals surface area contributed by atoms with Crippen molar-refractivity contribution in [2.24, 2.45) is 0 Å². The highest BCUT2D eigenvalue weighted by atomic mass is 16.2. The molecule has 0 aliphatic carbocycles. The SMILES string of the molecule is CC1CCCN1Cc1cccc2[nH]c(=O)c(=O)[nH]c12. The van der Waals surface area contributed by atoms with E-state index in [0.717, 1.165) is 24.2 Å². The van der Waals surface area contributed by atoms with Gasteiger partial charge in [-0.05, 0) is 37.9 Å². The number of aromatic nitrogens is 2. The summed E-state index contributed by atoms with van der Waals surface area (Å²) in [7, 11) is 0. The van der Waals surface area contributed by atoms with Crippen LogP contribution in [-0.4, -0.2) is 27.5 Å². The van der Waals surface area contributed by atoms with Crippen molar-refractivity contribution in [3.05, 3.63) is 44.5 Å². The zero-order valence-electron chi connectivity index (χ0n) is 10.9. The highest BCUT2D eigenvalue weighted by molar-refractivity contribution is 5.77. The third kappa shape index (κ3) is 2.21. The smallest absolute Gasteiger partial charge is 0.314 e. The molecule has 1 saturated heterocycles. The summed E-state index contributed by atoms with van der Waals surface area (Å²) in [5, 5.41) is 0. The van der Waals surface area contributed by atoms with Crippen LogP contribution in [0.25, 0.3) is 11.0 Å². The number of hydrogen-bond acceptors (Lipinski definition) is 3. The van der Waals surface area contributed by atoms with Gasteiger partial charge in [-0.1, -0.05) is 12.1 Å². The molecule has 1 aromatic heterocycles. The number of para-hydroxylation sites is 1. The summed E-state index contributed by atoms with van der Waals surface area (Å²) < 4.78 is 0. The summed E-state index contributed by atoms with van der Waals surface area (Å²) in [6, 6.07) is 6.29. The maximum atomic E-state index is 11.5. The zero-order valence-corrected chi connectivity index (χ0v) is 10.9. The Labute approximate surface area is 110 Å². The number of likely N-dealkylation sites (tertiary alicyclic amines) is 1. The first-order valence-corrected chi connectivity index (χ1v) is 6.63. The molecule has 2 N–H and O–H groups in total. The van der Waals surface area contributed by atoms with Gasteiger partial charge in [0.1, 0.15) is 0 Å². The third-order valence-corrected chi connectivity index (χ3v) is 3.91. The summed E-state index contributed by atoms with van der Waals surface area (Å²) in [5.41, 5.74) is 1.30. The normalized spacial score (nSPS) is 20.2. The Kier molecular flexibility index (Phi) is 2.98. The monoisotopic (exact) mass is 259 g/mol. The van der Waals surface area contributed by atoms with Gasteiger partial charge in [-0.15, -0.1) is 0 Å². The van der Waals surface area contributed by atoms with Crippen LogP contribution < -0.4 is 11.1 Å². The molecule has 1 aromatic carbocycles. The van der Waals surface area contributed by atoms with Crippen molar-refractivity contribution in [2.75, 3.05) is 6.54 Å². The molecule has 1 atom stereocenters. The minimum Gasteiger partial charge on any atom is -0.316 e. The molecular formula is C14H17N3O2. The van der Waals surface area contributed by atoms with Crippen molar-refractivity contribution in [3.63, 3.8) is 0 Å². The van der Waals surface area contributed by atoms with Gasteiger partial charge < -0.3 is 9.97 Å². The van der Waals surface area contributed by atoms with Crippen LogP contribution in [0.1, 0.15) is 25.3 Å². The number of rotatable bonds is 2. The van der Waals surface area contributed by atoms with E-state index in [1.807, 2.05) is 18.2 Å². The van der Waals surface area contributed by atoms with Crippen molar-refractivity contribution in [3.8, 4) is 0 Å². The van der Waals surface area contributed by atoms with Crippen molar-refractivity contribution in [1.29, 1.82) is 0 Å². The Morgan fingerprint density at radius 3 is 2.79 bits per heavy atom. The van der Waals surface area contributed by atoms with E-state index >= 15 is 0 Å². The second-order valence-corrected chi connectivity index (χ2v) is 5.21. The summed E-state index contributed by atoms with van der Waals surface area (Å²) >= 11 is 0. The molecule has 5 nitrogen and oxygen atoms in total. The molecule has 3 rings (SSSR count). The fourth-order valence-electron chi connectivity index (χ4n) is 2.78. The molecule has 1 fully saturated rings. The van der Waals surface area contributed by atoms with E-state index < -0.39 is 11.1 Å². The summed E-state index contributed by atoms with van der Waals surface area (Å²) in [4.78, 5) is 30.5. The first kappa shape index (κ1) is 12.2. The van der Waals surface area contributed by atoms with Crippen molar-refractivity contribution in [2.45, 2.75) is 32.4 Å². The van der Waals surface area contributed by atoms with Gasteiger partial charge >= 0.3 is 11.1 Å². The van der Waals surface area contributed by atoms with E-state index in [9.17, 15) is 9.59 Å². The van der Waals surface area contributed by atoms with Gasteiger partial charge in [-0.2, -0.15) is 0 Å². The number of nitrogens with zero attached hydrogens (tertiary/aromatic N) is 1. The molecule has 0 amide bonds. The number of fused-ring (bicyclic) bond motifs is 1. The van der Waals surface area contributed by atoms with Crippen LogP contribution >= 0.6 is 0 Å². The molecule has 2 heterocycles. The Bertz CT molecular complexity index is 716. The molecule has 5 heteroatoms. The van der Waals surface area contributed by atoms with E-state index in [1.54, 1.807) is 0 Å². The zero-order chi connectivity index (χ0) is 13.4. The highest BCUT2D eigenvalue weighted by Crippen LogP contribution is 2.21. The predicted molar refractivity (Wildman–Crippen MR) is 74.3 cm³/mol. The lowest BCUT2D eigenvalue weighted by Crippen LogP contribution is -2.30. The number of H-pyrrole nitrogens is 2. The van der Waals surface area contributed by atoms with Crippen LogP contribution in [0, 0.1) is 0 Å². The highest BCUT2D eigenvalue weighted by Gasteiger charge is 2.20. The van der Waals surface area contributed by atoms with Gasteiger partial charge in [0.2, 0.25) is 0 Å². The fraction of sp³-hybridized carbons (Fsp3) is 0.429. The molecule has 0 spiro atoms. The van der Waals surface area contributed by atoms with Crippen molar-refractivity contribution >= 4 is 11.0 Å². The molecular weight excluding hydrogens is 242 g/mol. The van der Waals surface area contributed by atoms with Crippen LogP contribution in [0.15, 0.2) is 27.8 Å². The van der Waals surface area contributed by atoms with E-state index in [0.29, 0.717) is 11.6 Å². The van der Waals surface area contributed by atoms with Gasteiger partial charge in [0, 0.05) is 12.6 Å². The molecule has 1 unspecified atom stereocenters. The topological polar surface area (TPSA) is 69.0 Å². The standard InChI is InChI=1S/C14H17N3O2/c1-9-4-3-7-17(9)8-10-5-2-6-11-12(10)16-14(19)13(18)15-11/h2,5-6,9H,3-4,7-8H2,1H3,(H,15,18)(H,16,19). The van der Waals surface area contributed by atoms with Crippen LogP contribution in [0.5, 0.6) is 0 Å². The lowest BCUT2D eigenvalue weighted by Gasteiger charge is -2.21. The van der Waals surface area contributed by atoms with Gasteiger partial charge in [0.15, 0.2) is 0 Å². The van der Waals surface area contributed by atoms with E-state index in [2.05, 4.69) is 21.8 Å². The molecule has 1 aliphatic rings. The quantitative estimate of drug-likeness (QED) is 0.796. The Morgan fingerprint density at radius 1 is 1.26 bits per heavy atom. The lowest BCUT2D eigenvalue weighted by atomic mass is 10.1. The summed E-state index contributed by atoms with van der Waals surface area (Å²) in [6.07, 6.45) is 2.44. The Hall–Kier alpha value is -1.88. The maximum Gasteiger partial charge on any atom is 0.314 e. The van der Waals surface area contributed by atoms with E-state index in [-0.39, 0.29) is 0 Å². The Morgan fingerprint density at radius 2 is 2.05 bits per heavy atom. The predicted octanol–water partition coefficient (Wildman–Crippen LogP) is 1.20. The number of nitrogens with one attached hydrogen (secondary N) is 2. The fourth-order valence-corrected chi connectivity index (χ4v) is 2.78. The van der Waals surface area contributed by atoms with Gasteiger partial charge in [0.05, 0.1) is 11.0 Å². The molecule has 0 saturated carbocycles. The minimum absolute atomic E-state index is 0.574. The van der Waals surface area contributed by atoms with Crippen LogP contribution in [0.3, 0.4) is 0 Å². The van der Waals surface area contributed by atoms with Crippen molar-refractivity contribution in [1.82, 2.24) is 14.9 Å². The lowest BCUT2D eigenvalue weighted by molar-refractivity contribution is 0.261. The minimum atomic E-state index is -0.598. The first-order valence-electron chi connectivity index (χ1n) is 6.63. The molecule has 2 aromatic rings. The average molecular weight is 259 g/mol. The number of hydrogen-bond donors (Lipinski definition) is 2. The summed E-state index contributed by atoms with van der Waals surface area (Å²) in [5.74, 6) is 0. The van der Waals surface area contributed by atoms with Crippen molar-refractivity contribution < 1.29 is 0 Å². The second-order valence-electron chi connectivity index (χ2n) is 5.21. The number of aromatic amines is 2. The maximum absolute atomic E-state index is 11.5. The average Bonchev–Trinajstić information content (AvgIpc) is 2.78. The van der Waals surface area contributed by atoms with Gasteiger partial charge in [-0.3, -0.25) is 14.5 Å². The van der Waals surface area contributed by atoms with Crippen LogP contribution in [0.4, 0.5) is 0 Å². The van der Waals surface area contributed by atoms with E-state index in [4.69, 9.17) is 0 Å². The first-order chi connectivity index (χ1) is 9.15. The summed E-state index contributed by atoms with van der Waals surface area (Å²) in [6.45, 7) is 4.12. The van der Waals surface area contributed by atoms with E-state index in [1.165, 1.54) is 12.8 Å².